The van der Waals surface area contributed by atoms with Crippen LogP contribution in [0.25, 0.3) is 22.3 Å². The van der Waals surface area contributed by atoms with E-state index in [0.29, 0.717) is 47.3 Å². The molecule has 5 aromatic rings. The summed E-state index contributed by atoms with van der Waals surface area (Å²) >= 11 is 0. The number of halogens is 1. The Balaban J connectivity index is 1.51. The molecule has 0 spiro atoms. The monoisotopic (exact) mass is 498 g/mol. The fraction of sp³-hybridized carbons (Fsp3) is 0.179. The lowest BCUT2D eigenvalue weighted by molar-refractivity contribution is 0.411. The fourth-order valence-electron chi connectivity index (χ4n) is 4.13. The van der Waals surface area contributed by atoms with Crippen molar-refractivity contribution in [1.82, 2.24) is 19.7 Å². The number of hydrogen-bond donors (Lipinski definition) is 2. The van der Waals surface area contributed by atoms with Gasteiger partial charge in [-0.15, -0.1) is 5.10 Å². The van der Waals surface area contributed by atoms with E-state index in [2.05, 4.69) is 20.4 Å². The number of nitrogens with two attached hydrogens (primary N) is 1. The van der Waals surface area contributed by atoms with E-state index in [1.807, 2.05) is 54.6 Å². The molecular weight excluding hydrogens is 471 g/mol. The van der Waals surface area contributed by atoms with E-state index in [0.717, 1.165) is 23.3 Å². The first-order valence-electron chi connectivity index (χ1n) is 11.8. The molecule has 2 heterocycles. The van der Waals surface area contributed by atoms with E-state index in [1.54, 1.807) is 23.9 Å². The molecule has 0 fully saturated rings. The van der Waals surface area contributed by atoms with Gasteiger partial charge in [-0.1, -0.05) is 42.5 Å². The average Bonchev–Trinajstić information content (AvgIpc) is 3.23. The lowest BCUT2D eigenvalue weighted by Crippen LogP contribution is -2.09. The summed E-state index contributed by atoms with van der Waals surface area (Å²) in [5.74, 6) is 1.46. The lowest BCUT2D eigenvalue weighted by Gasteiger charge is -2.10. The molecule has 2 aromatic heterocycles. The van der Waals surface area contributed by atoms with Crippen molar-refractivity contribution in [1.29, 1.82) is 0 Å². The summed E-state index contributed by atoms with van der Waals surface area (Å²) in [6, 6.07) is 22.4. The van der Waals surface area contributed by atoms with E-state index in [-0.39, 0.29) is 5.56 Å². The van der Waals surface area contributed by atoms with Crippen LogP contribution in [0.1, 0.15) is 11.1 Å². The molecule has 8 nitrogen and oxygen atoms in total. The van der Waals surface area contributed by atoms with Crippen LogP contribution in [0.3, 0.4) is 0 Å². The number of fused-ring (bicyclic) bond motifs is 1. The van der Waals surface area contributed by atoms with Crippen LogP contribution in [-0.4, -0.2) is 40.5 Å². The van der Waals surface area contributed by atoms with Gasteiger partial charge in [0.05, 0.1) is 31.8 Å². The largest absolute Gasteiger partial charge is 0.497 e. The fourth-order valence-corrected chi connectivity index (χ4v) is 4.13. The van der Waals surface area contributed by atoms with Gasteiger partial charge < -0.3 is 20.5 Å². The number of nitrogens with zero attached hydrogens (tertiary/aromatic N) is 4. The summed E-state index contributed by atoms with van der Waals surface area (Å²) in [4.78, 5) is 9.28. The quantitative estimate of drug-likeness (QED) is 0.297. The summed E-state index contributed by atoms with van der Waals surface area (Å²) < 4.78 is 27.2. The molecule has 0 aliphatic carbocycles. The highest BCUT2D eigenvalue weighted by atomic mass is 19.1. The molecule has 3 aromatic carbocycles. The van der Waals surface area contributed by atoms with Gasteiger partial charge >= 0.3 is 0 Å². The summed E-state index contributed by atoms with van der Waals surface area (Å²) in [5.41, 5.74) is 9.74. The Morgan fingerprint density at radius 3 is 2.32 bits per heavy atom. The Labute approximate surface area is 213 Å². The molecule has 0 saturated heterocycles. The van der Waals surface area contributed by atoms with Gasteiger partial charge in [0.1, 0.15) is 23.1 Å². The van der Waals surface area contributed by atoms with E-state index in [1.165, 1.54) is 13.2 Å². The zero-order chi connectivity index (χ0) is 25.8. The summed E-state index contributed by atoms with van der Waals surface area (Å²) in [5, 5.41) is 8.40. The standard InChI is InChI=1S/C28H27FN6O2/c1-36-20-10-8-18(9-11-20)14-15-31-28-32-25(22-13-12-21(37-2)16-23(22)29)24-26(30)35(34-27(24)33-28)17-19-6-4-3-5-7-19/h3-13,16H,14-15,17,30H2,1-2H3,(H,31,33,34). The lowest BCUT2D eigenvalue weighted by atomic mass is 10.1. The molecule has 3 N–H and O–H groups in total. The van der Waals surface area contributed by atoms with Crippen molar-refractivity contribution in [2.24, 2.45) is 0 Å². The third kappa shape index (κ3) is 5.16. The summed E-state index contributed by atoms with van der Waals surface area (Å²) in [6.07, 6.45) is 0.738. The second-order valence-corrected chi connectivity index (χ2v) is 8.49. The van der Waals surface area contributed by atoms with Gasteiger partial charge in [-0.05, 0) is 41.8 Å². The molecule has 0 unspecified atom stereocenters. The summed E-state index contributed by atoms with van der Waals surface area (Å²) in [7, 11) is 3.13. The number of aromatic nitrogens is 4. The van der Waals surface area contributed by atoms with E-state index in [9.17, 15) is 0 Å². The molecule has 0 bridgehead atoms. The van der Waals surface area contributed by atoms with Crippen molar-refractivity contribution in [3.8, 4) is 22.8 Å². The molecular formula is C28H27FN6O2. The molecule has 0 atom stereocenters. The van der Waals surface area contributed by atoms with Crippen LogP contribution in [0.5, 0.6) is 11.5 Å². The Hall–Kier alpha value is -4.66. The van der Waals surface area contributed by atoms with Crippen molar-refractivity contribution in [3.05, 3.63) is 89.7 Å². The SMILES string of the molecule is COc1ccc(CCNc2nc(-c3ccc(OC)cc3F)c3c(N)n(Cc4ccccc4)nc3n2)cc1. The second-order valence-electron chi connectivity index (χ2n) is 8.49. The zero-order valence-electron chi connectivity index (χ0n) is 20.6. The third-order valence-electron chi connectivity index (χ3n) is 6.10. The van der Waals surface area contributed by atoms with Crippen LogP contribution < -0.4 is 20.5 Å². The highest BCUT2D eigenvalue weighted by molar-refractivity contribution is 5.99. The number of hydrogen-bond acceptors (Lipinski definition) is 7. The number of benzene rings is 3. The highest BCUT2D eigenvalue weighted by Crippen LogP contribution is 2.34. The van der Waals surface area contributed by atoms with E-state index < -0.39 is 5.82 Å². The van der Waals surface area contributed by atoms with Gasteiger partial charge in [0, 0.05) is 18.2 Å². The average molecular weight is 499 g/mol. The van der Waals surface area contributed by atoms with Crippen molar-refractivity contribution in [3.63, 3.8) is 0 Å². The minimum Gasteiger partial charge on any atom is -0.497 e. The molecule has 188 valence electrons. The van der Waals surface area contributed by atoms with Crippen molar-refractivity contribution >= 4 is 22.8 Å². The molecule has 0 radical (unpaired) electrons. The Morgan fingerprint density at radius 2 is 1.62 bits per heavy atom. The molecule has 0 amide bonds. The number of nitrogen functional groups attached to an aromatic ring is 1. The van der Waals surface area contributed by atoms with Gasteiger partial charge in [-0.2, -0.15) is 4.98 Å². The predicted octanol–water partition coefficient (Wildman–Crippen LogP) is 4.93. The smallest absolute Gasteiger partial charge is 0.225 e. The first-order valence-corrected chi connectivity index (χ1v) is 11.8. The van der Waals surface area contributed by atoms with E-state index in [4.69, 9.17) is 15.2 Å². The molecule has 0 saturated carbocycles. The maximum atomic E-state index is 15.2. The summed E-state index contributed by atoms with van der Waals surface area (Å²) in [6.45, 7) is 1.02. The van der Waals surface area contributed by atoms with E-state index >= 15 is 4.39 Å². The minimum absolute atomic E-state index is 0.289. The van der Waals surface area contributed by atoms with Crippen molar-refractivity contribution in [2.45, 2.75) is 13.0 Å². The number of nitrogens with one attached hydrogen (secondary N) is 1. The topological polar surface area (TPSA) is 100 Å². The first-order chi connectivity index (χ1) is 18.1. The Morgan fingerprint density at radius 1 is 0.892 bits per heavy atom. The third-order valence-corrected chi connectivity index (χ3v) is 6.10. The Bertz CT molecular complexity index is 1520. The number of ether oxygens (including phenoxy) is 2. The van der Waals surface area contributed by atoms with Crippen LogP contribution in [0, 0.1) is 5.82 Å². The maximum Gasteiger partial charge on any atom is 0.225 e. The molecule has 5 rings (SSSR count). The highest BCUT2D eigenvalue weighted by Gasteiger charge is 2.21. The van der Waals surface area contributed by atoms with Crippen LogP contribution in [0.4, 0.5) is 16.2 Å². The van der Waals surface area contributed by atoms with Gasteiger partial charge in [0.15, 0.2) is 5.65 Å². The van der Waals surface area contributed by atoms with Gasteiger partial charge in [-0.3, -0.25) is 0 Å². The Kier molecular flexibility index (Phi) is 6.85. The van der Waals surface area contributed by atoms with Gasteiger partial charge in [0.2, 0.25) is 5.95 Å². The zero-order valence-corrected chi connectivity index (χ0v) is 20.6. The molecule has 37 heavy (non-hydrogen) atoms. The molecule has 0 aliphatic rings. The van der Waals surface area contributed by atoms with Crippen molar-refractivity contribution < 1.29 is 13.9 Å². The normalized spacial score (nSPS) is 11.0. The second kappa shape index (κ2) is 10.5. The number of anilines is 2. The van der Waals surface area contributed by atoms with Gasteiger partial charge in [0.25, 0.3) is 0 Å². The van der Waals surface area contributed by atoms with Gasteiger partial charge in [-0.25, -0.2) is 14.1 Å². The van der Waals surface area contributed by atoms with Crippen LogP contribution >= 0.6 is 0 Å². The minimum atomic E-state index is -0.473. The van der Waals surface area contributed by atoms with Crippen LogP contribution in [-0.2, 0) is 13.0 Å². The number of rotatable bonds is 9. The van der Waals surface area contributed by atoms with Crippen molar-refractivity contribution in [2.75, 3.05) is 31.8 Å². The molecule has 9 heteroatoms. The maximum absolute atomic E-state index is 15.2. The first kappa shape index (κ1) is 24.1. The van der Waals surface area contributed by atoms with Crippen LogP contribution in [0.15, 0.2) is 72.8 Å². The molecule has 0 aliphatic heterocycles. The predicted molar refractivity (Wildman–Crippen MR) is 142 cm³/mol. The number of methoxy groups -OCH3 is 2. The van der Waals surface area contributed by atoms with Crippen LogP contribution in [0.2, 0.25) is 0 Å².